The Labute approximate surface area is 199 Å². The number of esters is 1. The minimum atomic E-state index is -2.59. The lowest BCUT2D eigenvalue weighted by Crippen LogP contribution is -2.66. The number of benzene rings is 2. The molecule has 33 heavy (non-hydrogen) atoms. The molecule has 0 aliphatic carbocycles. The van der Waals surface area contributed by atoms with E-state index in [0.717, 1.165) is 18.4 Å². The summed E-state index contributed by atoms with van der Waals surface area (Å²) in [7, 11) is -2.59. The van der Waals surface area contributed by atoms with Crippen LogP contribution in [0.2, 0.25) is 5.04 Å². The molecule has 2 aromatic rings. The second-order valence-electron chi connectivity index (χ2n) is 10.5. The zero-order chi connectivity index (χ0) is 24.1. The fourth-order valence-electron chi connectivity index (χ4n) is 5.06. The number of carbonyl (C=O) groups excluding carboxylic acids is 1. The standard InChI is InChI=1S/C28H38O4Si/c1-21(17-24-18-23(29)19-27(30)32-24)16-22(2)20-31-33(28(3,4)5,25-12-8-6-9-13-25)26-14-10-7-11-15-26/h6-15,21,23-24,29H,2,16-20H2,1,3-5H3/t21-,23+,24+/m0/s1. The van der Waals surface area contributed by atoms with E-state index in [2.05, 4.69) is 82.8 Å². The van der Waals surface area contributed by atoms with Crippen molar-refractivity contribution in [3.05, 3.63) is 72.8 Å². The van der Waals surface area contributed by atoms with Crippen molar-refractivity contribution >= 4 is 24.7 Å². The van der Waals surface area contributed by atoms with Crippen LogP contribution in [0, 0.1) is 5.92 Å². The maximum atomic E-state index is 11.6. The molecule has 0 amide bonds. The Morgan fingerprint density at radius 2 is 1.67 bits per heavy atom. The first-order valence-corrected chi connectivity index (χ1v) is 13.8. The number of aliphatic hydroxyl groups excluding tert-OH is 1. The van der Waals surface area contributed by atoms with E-state index in [1.54, 1.807) is 0 Å². The smallest absolute Gasteiger partial charge is 0.308 e. The molecule has 1 heterocycles. The van der Waals surface area contributed by atoms with Gasteiger partial charge in [-0.2, -0.15) is 0 Å². The van der Waals surface area contributed by atoms with Crippen molar-refractivity contribution in [1.29, 1.82) is 0 Å². The van der Waals surface area contributed by atoms with Crippen LogP contribution in [0.4, 0.5) is 0 Å². The highest BCUT2D eigenvalue weighted by molar-refractivity contribution is 6.99. The molecule has 0 radical (unpaired) electrons. The third kappa shape index (κ3) is 6.22. The Kier molecular flexibility index (Phi) is 8.32. The van der Waals surface area contributed by atoms with Crippen LogP contribution in [0.1, 0.15) is 53.4 Å². The molecule has 178 valence electrons. The van der Waals surface area contributed by atoms with Gasteiger partial charge in [-0.15, -0.1) is 0 Å². The molecular formula is C28H38O4Si. The Bertz CT molecular complexity index is 880. The zero-order valence-corrected chi connectivity index (χ0v) is 21.4. The molecule has 0 aromatic heterocycles. The van der Waals surface area contributed by atoms with E-state index < -0.39 is 14.4 Å². The van der Waals surface area contributed by atoms with Crippen LogP contribution >= 0.6 is 0 Å². The van der Waals surface area contributed by atoms with E-state index in [1.807, 2.05) is 12.1 Å². The van der Waals surface area contributed by atoms with Gasteiger partial charge in [0.25, 0.3) is 8.32 Å². The Morgan fingerprint density at radius 3 is 2.15 bits per heavy atom. The van der Waals surface area contributed by atoms with Crippen molar-refractivity contribution in [2.45, 2.75) is 70.6 Å². The number of cyclic esters (lactones) is 1. The van der Waals surface area contributed by atoms with Gasteiger partial charge in [-0.05, 0) is 34.2 Å². The minimum Gasteiger partial charge on any atom is -0.462 e. The van der Waals surface area contributed by atoms with Crippen LogP contribution in [0.25, 0.3) is 0 Å². The summed E-state index contributed by atoms with van der Waals surface area (Å²) in [6, 6.07) is 21.2. The highest BCUT2D eigenvalue weighted by atomic mass is 28.4. The van der Waals surface area contributed by atoms with E-state index in [1.165, 1.54) is 10.4 Å². The summed E-state index contributed by atoms with van der Waals surface area (Å²) in [6.45, 7) is 13.8. The Hall–Kier alpha value is -2.21. The van der Waals surface area contributed by atoms with Crippen LogP contribution in [0.3, 0.4) is 0 Å². The molecule has 1 aliphatic rings. The maximum Gasteiger partial charge on any atom is 0.308 e. The molecule has 2 aromatic carbocycles. The topological polar surface area (TPSA) is 55.8 Å². The van der Waals surface area contributed by atoms with Gasteiger partial charge >= 0.3 is 5.97 Å². The predicted octanol–water partition coefficient (Wildman–Crippen LogP) is 4.60. The van der Waals surface area contributed by atoms with Gasteiger partial charge in [0, 0.05) is 6.42 Å². The lowest BCUT2D eigenvalue weighted by atomic mass is 9.92. The number of hydrogen-bond acceptors (Lipinski definition) is 4. The summed E-state index contributed by atoms with van der Waals surface area (Å²) in [5, 5.41) is 12.3. The number of ether oxygens (including phenoxy) is 1. The van der Waals surface area contributed by atoms with Gasteiger partial charge in [-0.25, -0.2) is 0 Å². The molecule has 1 N–H and O–H groups in total. The first kappa shape index (κ1) is 25.4. The molecule has 0 spiro atoms. The average molecular weight is 467 g/mol. The predicted molar refractivity (Wildman–Crippen MR) is 136 cm³/mol. The fraction of sp³-hybridized carbons (Fsp3) is 0.464. The van der Waals surface area contributed by atoms with Gasteiger partial charge in [0.1, 0.15) is 6.10 Å². The molecule has 0 saturated carbocycles. The average Bonchev–Trinajstić information content (AvgIpc) is 2.74. The summed E-state index contributed by atoms with van der Waals surface area (Å²) in [5.74, 6) is -0.0249. The van der Waals surface area contributed by atoms with Gasteiger partial charge in [0.15, 0.2) is 0 Å². The normalized spacial score (nSPS) is 20.2. The second kappa shape index (κ2) is 10.8. The molecule has 1 aliphatic heterocycles. The van der Waals surface area contributed by atoms with Gasteiger partial charge in [-0.3, -0.25) is 4.79 Å². The van der Waals surface area contributed by atoms with Gasteiger partial charge in [-0.1, -0.05) is 101 Å². The number of hydrogen-bond donors (Lipinski definition) is 1. The van der Waals surface area contributed by atoms with E-state index in [-0.39, 0.29) is 29.5 Å². The maximum absolute atomic E-state index is 11.6. The first-order chi connectivity index (χ1) is 15.6. The summed E-state index contributed by atoms with van der Waals surface area (Å²) in [6.07, 6.45) is 1.32. The number of aliphatic hydroxyl groups is 1. The second-order valence-corrected chi connectivity index (χ2v) is 14.8. The van der Waals surface area contributed by atoms with Crippen LogP contribution in [0.5, 0.6) is 0 Å². The number of rotatable bonds is 9. The molecule has 3 atom stereocenters. The Balaban J connectivity index is 1.74. The number of carbonyl (C=O) groups is 1. The summed E-state index contributed by atoms with van der Waals surface area (Å²) < 4.78 is 12.4. The zero-order valence-electron chi connectivity index (χ0n) is 20.4. The lowest BCUT2D eigenvalue weighted by molar-refractivity contribution is -0.161. The van der Waals surface area contributed by atoms with Crippen molar-refractivity contribution in [2.24, 2.45) is 5.92 Å². The van der Waals surface area contributed by atoms with E-state index in [0.29, 0.717) is 13.0 Å². The molecule has 0 bridgehead atoms. The molecule has 3 rings (SSSR count). The van der Waals surface area contributed by atoms with Crippen LogP contribution in [0.15, 0.2) is 72.8 Å². The fourth-order valence-corrected chi connectivity index (χ4v) is 9.64. The van der Waals surface area contributed by atoms with Crippen LogP contribution in [-0.4, -0.2) is 38.2 Å². The van der Waals surface area contributed by atoms with E-state index >= 15 is 0 Å². The summed E-state index contributed by atoms with van der Waals surface area (Å²) >= 11 is 0. The third-order valence-electron chi connectivity index (χ3n) is 6.45. The lowest BCUT2D eigenvalue weighted by Gasteiger charge is -2.43. The Morgan fingerprint density at radius 1 is 1.12 bits per heavy atom. The molecule has 1 saturated heterocycles. The summed E-state index contributed by atoms with van der Waals surface area (Å²) in [5.41, 5.74) is 1.04. The first-order valence-electron chi connectivity index (χ1n) is 11.9. The molecule has 1 fully saturated rings. The SMILES string of the molecule is C=C(CO[Si](c1ccccc1)(c1ccccc1)C(C)(C)C)C[C@H](C)C[C@@H]1C[C@@H](O)CC(=O)O1. The van der Waals surface area contributed by atoms with E-state index in [9.17, 15) is 9.90 Å². The van der Waals surface area contributed by atoms with Crippen LogP contribution in [-0.2, 0) is 14.0 Å². The summed E-state index contributed by atoms with van der Waals surface area (Å²) in [4.78, 5) is 11.6. The molecular weight excluding hydrogens is 428 g/mol. The molecule has 4 nitrogen and oxygen atoms in total. The highest BCUT2D eigenvalue weighted by Crippen LogP contribution is 2.37. The third-order valence-corrected chi connectivity index (χ3v) is 11.4. The van der Waals surface area contributed by atoms with Crippen molar-refractivity contribution in [3.8, 4) is 0 Å². The van der Waals surface area contributed by atoms with Crippen molar-refractivity contribution in [1.82, 2.24) is 0 Å². The highest BCUT2D eigenvalue weighted by Gasteiger charge is 2.50. The molecule has 0 unspecified atom stereocenters. The van der Waals surface area contributed by atoms with E-state index in [4.69, 9.17) is 9.16 Å². The van der Waals surface area contributed by atoms with Crippen molar-refractivity contribution in [3.63, 3.8) is 0 Å². The van der Waals surface area contributed by atoms with Gasteiger partial charge in [0.05, 0.1) is 19.1 Å². The largest absolute Gasteiger partial charge is 0.462 e. The van der Waals surface area contributed by atoms with Gasteiger partial charge < -0.3 is 14.3 Å². The monoisotopic (exact) mass is 466 g/mol. The molecule has 5 heteroatoms. The minimum absolute atomic E-state index is 0.0754. The van der Waals surface area contributed by atoms with Crippen molar-refractivity contribution < 1.29 is 19.1 Å². The van der Waals surface area contributed by atoms with Crippen LogP contribution < -0.4 is 10.4 Å². The van der Waals surface area contributed by atoms with Gasteiger partial charge in [0.2, 0.25) is 0 Å². The quantitative estimate of drug-likeness (QED) is 0.333. The van der Waals surface area contributed by atoms with Crippen molar-refractivity contribution in [2.75, 3.05) is 6.61 Å².